The lowest BCUT2D eigenvalue weighted by molar-refractivity contribution is -0.146. The van der Waals surface area contributed by atoms with Crippen molar-refractivity contribution < 1.29 is 14.7 Å². The van der Waals surface area contributed by atoms with Gasteiger partial charge in [0.1, 0.15) is 5.54 Å². The van der Waals surface area contributed by atoms with Gasteiger partial charge in [0.25, 0.3) is 0 Å². The van der Waals surface area contributed by atoms with Gasteiger partial charge in [0, 0.05) is 6.04 Å². The largest absolute Gasteiger partial charge is 0.480 e. The molecule has 0 heterocycles. The summed E-state index contributed by atoms with van der Waals surface area (Å²) >= 11 is 0. The smallest absolute Gasteiger partial charge is 0.329 e. The SMILES string of the molecule is CCC1CCC(NC(=O)NC2CC(C)C2)(C(=O)O)CC1. The van der Waals surface area contributed by atoms with Gasteiger partial charge in [-0.2, -0.15) is 0 Å². The van der Waals surface area contributed by atoms with Crippen molar-refractivity contribution in [2.45, 2.75) is 70.4 Å². The van der Waals surface area contributed by atoms with Crippen LogP contribution < -0.4 is 10.6 Å². The van der Waals surface area contributed by atoms with Crippen molar-refractivity contribution in [2.75, 3.05) is 0 Å². The first-order valence-electron chi connectivity index (χ1n) is 7.77. The average Bonchev–Trinajstić information content (AvgIpc) is 2.37. The third kappa shape index (κ3) is 3.25. The predicted octanol–water partition coefficient (Wildman–Crippen LogP) is 2.51. The van der Waals surface area contributed by atoms with Crippen LogP contribution in [0.3, 0.4) is 0 Å². The Morgan fingerprint density at radius 2 is 1.85 bits per heavy atom. The molecule has 20 heavy (non-hydrogen) atoms. The van der Waals surface area contributed by atoms with Gasteiger partial charge in [-0.15, -0.1) is 0 Å². The number of carboxylic acids is 1. The predicted molar refractivity (Wildman–Crippen MR) is 76.5 cm³/mol. The maximum Gasteiger partial charge on any atom is 0.329 e. The van der Waals surface area contributed by atoms with E-state index < -0.39 is 11.5 Å². The fourth-order valence-corrected chi connectivity index (χ4v) is 3.43. The van der Waals surface area contributed by atoms with Crippen molar-refractivity contribution in [3.63, 3.8) is 0 Å². The number of rotatable bonds is 4. The van der Waals surface area contributed by atoms with Gasteiger partial charge in [-0.3, -0.25) is 0 Å². The molecule has 2 saturated carbocycles. The molecule has 2 amide bonds. The minimum Gasteiger partial charge on any atom is -0.480 e. The fourth-order valence-electron chi connectivity index (χ4n) is 3.43. The first-order chi connectivity index (χ1) is 9.45. The molecule has 5 nitrogen and oxygen atoms in total. The number of carbonyl (C=O) groups excluding carboxylic acids is 1. The van der Waals surface area contributed by atoms with Gasteiger partial charge in [-0.25, -0.2) is 9.59 Å². The maximum absolute atomic E-state index is 12.0. The van der Waals surface area contributed by atoms with Crippen LogP contribution in [0.1, 0.15) is 58.8 Å². The molecule has 0 saturated heterocycles. The molecule has 2 aliphatic carbocycles. The van der Waals surface area contributed by atoms with Gasteiger partial charge < -0.3 is 15.7 Å². The lowest BCUT2D eigenvalue weighted by atomic mass is 9.75. The van der Waals surface area contributed by atoms with E-state index in [-0.39, 0.29) is 12.1 Å². The Kier molecular flexibility index (Phi) is 4.55. The Bertz CT molecular complexity index is 369. The normalized spacial score (nSPS) is 36.8. The highest BCUT2D eigenvalue weighted by atomic mass is 16.4. The summed E-state index contributed by atoms with van der Waals surface area (Å²) in [4.78, 5) is 23.6. The van der Waals surface area contributed by atoms with E-state index in [1.165, 1.54) is 0 Å². The highest BCUT2D eigenvalue weighted by molar-refractivity contribution is 5.86. The number of aliphatic carboxylic acids is 1. The van der Waals surface area contributed by atoms with Gasteiger partial charge in [0.15, 0.2) is 0 Å². The molecular formula is C15H26N2O3. The van der Waals surface area contributed by atoms with Crippen LogP contribution in [0.4, 0.5) is 4.79 Å². The molecule has 0 unspecified atom stereocenters. The summed E-state index contributed by atoms with van der Waals surface area (Å²) in [6, 6.07) is -0.109. The van der Waals surface area contributed by atoms with E-state index in [0.29, 0.717) is 24.7 Å². The standard InChI is InChI=1S/C15H26N2O3/c1-3-11-4-6-15(7-5-11,13(18)19)17-14(20)16-12-8-10(2)9-12/h10-12H,3-9H2,1-2H3,(H,18,19)(H2,16,17,20). The van der Waals surface area contributed by atoms with Crippen molar-refractivity contribution in [2.24, 2.45) is 11.8 Å². The van der Waals surface area contributed by atoms with E-state index in [1.807, 2.05) is 0 Å². The molecule has 114 valence electrons. The van der Waals surface area contributed by atoms with Gasteiger partial charge in [0.05, 0.1) is 0 Å². The first kappa shape index (κ1) is 15.1. The molecule has 0 atom stereocenters. The van der Waals surface area contributed by atoms with E-state index in [4.69, 9.17) is 0 Å². The number of carboxylic acid groups (broad SMARTS) is 1. The van der Waals surface area contributed by atoms with Crippen molar-refractivity contribution in [1.29, 1.82) is 0 Å². The van der Waals surface area contributed by atoms with Crippen LogP contribution in [0, 0.1) is 11.8 Å². The summed E-state index contributed by atoms with van der Waals surface area (Å²) in [7, 11) is 0. The lowest BCUT2D eigenvalue weighted by Crippen LogP contribution is -2.60. The third-order valence-electron chi connectivity index (χ3n) is 5.01. The molecule has 2 fully saturated rings. The van der Waals surface area contributed by atoms with Crippen molar-refractivity contribution >= 4 is 12.0 Å². The molecule has 2 aliphatic rings. The molecule has 0 spiro atoms. The molecule has 2 rings (SSSR count). The summed E-state index contributed by atoms with van der Waals surface area (Å²) in [5.74, 6) is 0.359. The number of amides is 2. The third-order valence-corrected chi connectivity index (χ3v) is 5.01. The molecule has 3 N–H and O–H groups in total. The average molecular weight is 282 g/mol. The monoisotopic (exact) mass is 282 g/mol. The van der Waals surface area contributed by atoms with Gasteiger partial charge in [0.2, 0.25) is 0 Å². The second-order valence-corrected chi connectivity index (χ2v) is 6.61. The maximum atomic E-state index is 12.0. The summed E-state index contributed by atoms with van der Waals surface area (Å²) in [5.41, 5.74) is -1.06. The van der Waals surface area contributed by atoms with Crippen molar-refractivity contribution in [3.8, 4) is 0 Å². The number of carbonyl (C=O) groups is 2. The van der Waals surface area contributed by atoms with Gasteiger partial charge in [-0.1, -0.05) is 20.3 Å². The summed E-state index contributed by atoms with van der Waals surface area (Å²) < 4.78 is 0. The van der Waals surface area contributed by atoms with Crippen LogP contribution in [0.2, 0.25) is 0 Å². The molecule has 0 bridgehead atoms. The Labute approximate surface area is 120 Å². The molecule has 5 heteroatoms. The van der Waals surface area contributed by atoms with E-state index in [1.54, 1.807) is 0 Å². The Morgan fingerprint density at radius 1 is 1.25 bits per heavy atom. The van der Waals surface area contributed by atoms with Crippen molar-refractivity contribution in [1.82, 2.24) is 10.6 Å². The summed E-state index contributed by atoms with van der Waals surface area (Å²) in [6.45, 7) is 4.29. The lowest BCUT2D eigenvalue weighted by Gasteiger charge is -2.39. The van der Waals surface area contributed by atoms with E-state index in [9.17, 15) is 14.7 Å². The number of urea groups is 1. The number of hydrogen-bond donors (Lipinski definition) is 3. The number of nitrogens with one attached hydrogen (secondary N) is 2. The van der Waals surface area contributed by atoms with Crippen LogP contribution in [-0.2, 0) is 4.79 Å². The van der Waals surface area contributed by atoms with Crippen LogP contribution in [0.15, 0.2) is 0 Å². The first-order valence-corrected chi connectivity index (χ1v) is 7.77. The van der Waals surface area contributed by atoms with E-state index >= 15 is 0 Å². The Hall–Kier alpha value is -1.26. The van der Waals surface area contributed by atoms with Crippen LogP contribution in [0.5, 0.6) is 0 Å². The second kappa shape index (κ2) is 6.02. The van der Waals surface area contributed by atoms with Crippen LogP contribution >= 0.6 is 0 Å². The van der Waals surface area contributed by atoms with Gasteiger partial charge in [-0.05, 0) is 50.4 Å². The van der Waals surface area contributed by atoms with Crippen molar-refractivity contribution in [3.05, 3.63) is 0 Å². The van der Waals surface area contributed by atoms with E-state index in [2.05, 4.69) is 24.5 Å². The zero-order valence-corrected chi connectivity index (χ0v) is 12.4. The summed E-state index contributed by atoms with van der Waals surface area (Å²) in [5, 5.41) is 15.1. The highest BCUT2D eigenvalue weighted by Crippen LogP contribution is 2.34. The Balaban J connectivity index is 1.89. The minimum absolute atomic E-state index is 0.211. The zero-order chi connectivity index (χ0) is 14.8. The van der Waals surface area contributed by atoms with Crippen LogP contribution in [-0.4, -0.2) is 28.7 Å². The second-order valence-electron chi connectivity index (χ2n) is 6.61. The molecule has 0 aromatic rings. The Morgan fingerprint density at radius 3 is 2.30 bits per heavy atom. The van der Waals surface area contributed by atoms with Gasteiger partial charge >= 0.3 is 12.0 Å². The highest BCUT2D eigenvalue weighted by Gasteiger charge is 2.43. The molecule has 0 aromatic carbocycles. The topological polar surface area (TPSA) is 78.4 Å². The van der Waals surface area contributed by atoms with Crippen LogP contribution in [0.25, 0.3) is 0 Å². The fraction of sp³-hybridized carbons (Fsp3) is 0.867. The quantitative estimate of drug-likeness (QED) is 0.741. The number of hydrogen-bond acceptors (Lipinski definition) is 2. The molecule has 0 aliphatic heterocycles. The van der Waals surface area contributed by atoms with E-state index in [0.717, 1.165) is 32.1 Å². The molecular weight excluding hydrogens is 256 g/mol. The minimum atomic E-state index is -1.06. The zero-order valence-electron chi connectivity index (χ0n) is 12.4. The molecule has 0 radical (unpaired) electrons. The summed E-state index contributed by atoms with van der Waals surface area (Å²) in [6.07, 6.45) is 5.90. The molecule has 0 aromatic heterocycles.